The first-order valence-corrected chi connectivity index (χ1v) is 7.75. The molecule has 0 unspecified atom stereocenters. The lowest BCUT2D eigenvalue weighted by Gasteiger charge is -2.13. The van der Waals surface area contributed by atoms with Crippen LogP contribution in [0.15, 0.2) is 60.3 Å². The number of carbonyl (C=O) groups is 1. The average molecular weight is 324 g/mol. The van der Waals surface area contributed by atoms with Crippen molar-refractivity contribution in [3.63, 3.8) is 0 Å². The molecule has 3 rings (SSSR count). The van der Waals surface area contributed by atoms with Gasteiger partial charge in [0.1, 0.15) is 11.4 Å². The fourth-order valence-electron chi connectivity index (χ4n) is 2.34. The minimum Gasteiger partial charge on any atom is -0.494 e. The Balaban J connectivity index is 1.84. The molecule has 116 valence electrons. The summed E-state index contributed by atoms with van der Waals surface area (Å²) < 4.78 is 5.41. The minimum atomic E-state index is -0.157. The SMILES string of the molecule is CCOc1ccc(/C=C2/NC(=S)N(c3ccccc3)C2=O)cc1. The van der Waals surface area contributed by atoms with Gasteiger partial charge in [-0.3, -0.25) is 9.69 Å². The summed E-state index contributed by atoms with van der Waals surface area (Å²) in [6, 6.07) is 16.9. The maximum absolute atomic E-state index is 12.6. The van der Waals surface area contributed by atoms with Crippen molar-refractivity contribution >= 4 is 35.0 Å². The van der Waals surface area contributed by atoms with Gasteiger partial charge in [-0.25, -0.2) is 0 Å². The zero-order valence-corrected chi connectivity index (χ0v) is 13.5. The molecule has 1 aliphatic rings. The lowest BCUT2D eigenvalue weighted by Crippen LogP contribution is -2.30. The first-order chi connectivity index (χ1) is 11.2. The number of hydrogen-bond donors (Lipinski definition) is 1. The molecule has 0 atom stereocenters. The highest BCUT2D eigenvalue weighted by atomic mass is 32.1. The summed E-state index contributed by atoms with van der Waals surface area (Å²) in [6.07, 6.45) is 1.79. The quantitative estimate of drug-likeness (QED) is 0.692. The lowest BCUT2D eigenvalue weighted by atomic mass is 10.2. The Morgan fingerprint density at radius 1 is 1.13 bits per heavy atom. The molecule has 23 heavy (non-hydrogen) atoms. The summed E-state index contributed by atoms with van der Waals surface area (Å²) in [5, 5.41) is 3.37. The van der Waals surface area contributed by atoms with Crippen LogP contribution in [0.5, 0.6) is 5.75 Å². The molecule has 1 amide bonds. The van der Waals surface area contributed by atoms with Gasteiger partial charge >= 0.3 is 0 Å². The molecule has 0 saturated carbocycles. The van der Waals surface area contributed by atoms with Crippen molar-refractivity contribution in [2.75, 3.05) is 11.5 Å². The molecule has 0 aromatic heterocycles. The summed E-state index contributed by atoms with van der Waals surface area (Å²) in [7, 11) is 0. The highest BCUT2D eigenvalue weighted by Crippen LogP contribution is 2.22. The van der Waals surface area contributed by atoms with Crippen LogP contribution in [0.1, 0.15) is 12.5 Å². The Kier molecular flexibility index (Phi) is 4.39. The van der Waals surface area contributed by atoms with E-state index in [2.05, 4.69) is 5.32 Å². The van der Waals surface area contributed by atoms with Crippen LogP contribution < -0.4 is 15.0 Å². The van der Waals surface area contributed by atoms with E-state index in [9.17, 15) is 4.79 Å². The van der Waals surface area contributed by atoms with E-state index >= 15 is 0 Å². The third-order valence-corrected chi connectivity index (χ3v) is 3.68. The van der Waals surface area contributed by atoms with Gasteiger partial charge in [0, 0.05) is 0 Å². The smallest absolute Gasteiger partial charge is 0.281 e. The second-order valence-electron chi connectivity index (χ2n) is 4.97. The number of rotatable bonds is 4. The van der Waals surface area contributed by atoms with E-state index in [1.54, 1.807) is 6.08 Å². The van der Waals surface area contributed by atoms with Crippen molar-refractivity contribution in [3.8, 4) is 5.75 Å². The van der Waals surface area contributed by atoms with Crippen LogP contribution in [0.4, 0.5) is 5.69 Å². The molecule has 4 nitrogen and oxygen atoms in total. The molecule has 0 radical (unpaired) electrons. The van der Waals surface area contributed by atoms with Crippen LogP contribution in [0.25, 0.3) is 6.08 Å². The highest BCUT2D eigenvalue weighted by molar-refractivity contribution is 7.80. The Morgan fingerprint density at radius 3 is 2.48 bits per heavy atom. The normalized spacial score (nSPS) is 15.9. The van der Waals surface area contributed by atoms with Crippen LogP contribution in [0.3, 0.4) is 0 Å². The van der Waals surface area contributed by atoms with E-state index in [-0.39, 0.29) is 5.91 Å². The molecule has 1 aliphatic heterocycles. The lowest BCUT2D eigenvalue weighted by molar-refractivity contribution is -0.113. The fraction of sp³-hybridized carbons (Fsp3) is 0.111. The Bertz CT molecular complexity index is 754. The van der Waals surface area contributed by atoms with Crippen molar-refractivity contribution < 1.29 is 9.53 Å². The third-order valence-electron chi connectivity index (χ3n) is 3.39. The van der Waals surface area contributed by atoms with Gasteiger partial charge < -0.3 is 10.1 Å². The van der Waals surface area contributed by atoms with Gasteiger partial charge in [0.05, 0.1) is 12.3 Å². The van der Waals surface area contributed by atoms with Crippen LogP contribution in [0, 0.1) is 0 Å². The van der Waals surface area contributed by atoms with Crippen LogP contribution in [0.2, 0.25) is 0 Å². The number of ether oxygens (including phenoxy) is 1. The molecule has 0 bridgehead atoms. The maximum atomic E-state index is 12.6. The van der Waals surface area contributed by atoms with Gasteiger partial charge in [0.25, 0.3) is 5.91 Å². The van der Waals surface area contributed by atoms with Crippen molar-refractivity contribution in [2.45, 2.75) is 6.92 Å². The predicted octanol–water partition coefficient (Wildman–Crippen LogP) is 3.35. The Morgan fingerprint density at radius 2 is 1.83 bits per heavy atom. The zero-order chi connectivity index (χ0) is 16.2. The summed E-state index contributed by atoms with van der Waals surface area (Å²) in [5.74, 6) is 0.650. The van der Waals surface area contributed by atoms with E-state index in [0.717, 1.165) is 17.0 Å². The van der Waals surface area contributed by atoms with Gasteiger partial charge in [0.2, 0.25) is 0 Å². The standard InChI is InChI=1S/C18H16N2O2S/c1-2-22-15-10-8-13(9-11-15)12-16-17(21)20(18(23)19-16)14-6-4-3-5-7-14/h3-12H,2H2,1H3,(H,19,23)/b16-12+. The molecule has 1 N–H and O–H groups in total. The van der Waals surface area contributed by atoms with Gasteiger partial charge in [-0.1, -0.05) is 30.3 Å². The predicted molar refractivity (Wildman–Crippen MR) is 95.2 cm³/mol. The summed E-state index contributed by atoms with van der Waals surface area (Å²) in [5.41, 5.74) is 2.12. The zero-order valence-electron chi connectivity index (χ0n) is 12.7. The first-order valence-electron chi connectivity index (χ1n) is 7.34. The van der Waals surface area contributed by atoms with E-state index in [1.807, 2.05) is 61.5 Å². The van der Waals surface area contributed by atoms with Crippen molar-refractivity contribution in [1.29, 1.82) is 0 Å². The van der Waals surface area contributed by atoms with Crippen LogP contribution in [-0.2, 0) is 4.79 Å². The van der Waals surface area contributed by atoms with Crippen molar-refractivity contribution in [3.05, 3.63) is 65.9 Å². The van der Waals surface area contributed by atoms with Gasteiger partial charge in [-0.2, -0.15) is 0 Å². The molecule has 5 heteroatoms. The number of nitrogens with zero attached hydrogens (tertiary/aromatic N) is 1. The van der Waals surface area contributed by atoms with Crippen LogP contribution in [-0.4, -0.2) is 17.6 Å². The van der Waals surface area contributed by atoms with Crippen molar-refractivity contribution in [2.24, 2.45) is 0 Å². The Labute approximate surface area is 140 Å². The molecule has 1 heterocycles. The molecule has 1 saturated heterocycles. The molecular weight excluding hydrogens is 308 g/mol. The molecular formula is C18H16N2O2S. The van der Waals surface area contributed by atoms with E-state index < -0.39 is 0 Å². The molecule has 0 aliphatic carbocycles. The van der Waals surface area contributed by atoms with E-state index in [4.69, 9.17) is 17.0 Å². The molecule has 0 spiro atoms. The van der Waals surface area contributed by atoms with E-state index in [0.29, 0.717) is 17.4 Å². The average Bonchev–Trinajstić information content (AvgIpc) is 2.84. The van der Waals surface area contributed by atoms with Crippen LogP contribution >= 0.6 is 12.2 Å². The minimum absolute atomic E-state index is 0.157. The fourth-order valence-corrected chi connectivity index (χ4v) is 2.64. The number of benzene rings is 2. The third kappa shape index (κ3) is 3.24. The number of hydrogen-bond acceptors (Lipinski definition) is 3. The molecule has 2 aromatic carbocycles. The summed E-state index contributed by atoms with van der Waals surface area (Å²) in [6.45, 7) is 2.57. The van der Waals surface area contributed by atoms with Crippen molar-refractivity contribution in [1.82, 2.24) is 5.32 Å². The number of para-hydroxylation sites is 1. The maximum Gasteiger partial charge on any atom is 0.281 e. The number of nitrogens with one attached hydrogen (secondary N) is 1. The number of amides is 1. The van der Waals surface area contributed by atoms with Gasteiger partial charge in [-0.15, -0.1) is 0 Å². The highest BCUT2D eigenvalue weighted by Gasteiger charge is 2.31. The monoisotopic (exact) mass is 324 g/mol. The number of anilines is 1. The number of thiocarbonyl (C=S) groups is 1. The van der Waals surface area contributed by atoms with Gasteiger partial charge in [-0.05, 0) is 55.0 Å². The molecule has 2 aromatic rings. The number of carbonyl (C=O) groups excluding carboxylic acids is 1. The second kappa shape index (κ2) is 6.62. The Hall–Kier alpha value is -2.66. The molecule has 1 fully saturated rings. The summed E-state index contributed by atoms with van der Waals surface area (Å²) in [4.78, 5) is 14.1. The topological polar surface area (TPSA) is 41.6 Å². The second-order valence-corrected chi connectivity index (χ2v) is 5.35. The first kappa shape index (κ1) is 15.2. The van der Waals surface area contributed by atoms with Gasteiger partial charge in [0.15, 0.2) is 5.11 Å². The van der Waals surface area contributed by atoms with E-state index in [1.165, 1.54) is 4.90 Å². The summed E-state index contributed by atoms with van der Waals surface area (Å²) >= 11 is 5.28. The largest absolute Gasteiger partial charge is 0.494 e.